The maximum atomic E-state index is 13.3. The van der Waals surface area contributed by atoms with E-state index in [1.54, 1.807) is 24.3 Å². The monoisotopic (exact) mass is 370 g/mol. The number of aromatic carboxylic acids is 1. The molecule has 0 saturated heterocycles. The van der Waals surface area contributed by atoms with Crippen LogP contribution in [0.4, 0.5) is 4.39 Å². The molecule has 2 aromatic carbocycles. The zero-order chi connectivity index (χ0) is 18.7. The highest BCUT2D eigenvalue weighted by Gasteiger charge is 2.17. The zero-order valence-electron chi connectivity index (χ0n) is 13.8. The van der Waals surface area contributed by atoms with Crippen LogP contribution < -0.4 is 5.56 Å². The molecule has 0 spiro atoms. The lowest BCUT2D eigenvalue weighted by Crippen LogP contribution is -2.24. The molecule has 26 heavy (non-hydrogen) atoms. The molecule has 1 aromatic heterocycles. The first kappa shape index (κ1) is 17.9. The van der Waals surface area contributed by atoms with Gasteiger partial charge in [0, 0.05) is 16.7 Å². The molecule has 1 N–H and O–H groups in total. The summed E-state index contributed by atoms with van der Waals surface area (Å²) in [5.74, 6) is -1.27. The number of carbonyl (C=O) groups is 1. The Hall–Kier alpha value is -2.93. The quantitative estimate of drug-likeness (QED) is 0.694. The molecule has 3 rings (SSSR count). The fourth-order valence-electron chi connectivity index (χ4n) is 2.36. The first-order valence-corrected chi connectivity index (χ1v) is 8.74. The van der Waals surface area contributed by atoms with Crippen LogP contribution in [0.15, 0.2) is 64.3 Å². The van der Waals surface area contributed by atoms with Crippen molar-refractivity contribution >= 4 is 17.7 Å². The minimum Gasteiger partial charge on any atom is -0.476 e. The van der Waals surface area contributed by atoms with Gasteiger partial charge in [0.25, 0.3) is 5.56 Å². The van der Waals surface area contributed by atoms with Crippen molar-refractivity contribution in [3.8, 4) is 5.69 Å². The van der Waals surface area contributed by atoms with Crippen LogP contribution in [0.2, 0.25) is 0 Å². The number of nitrogens with zero attached hydrogens (tertiary/aromatic N) is 2. The molecule has 0 aliphatic rings. The molecule has 0 unspecified atom stereocenters. The smallest absolute Gasteiger partial charge is 0.357 e. The van der Waals surface area contributed by atoms with Crippen molar-refractivity contribution in [1.82, 2.24) is 9.78 Å². The number of aryl methyl sites for hydroxylation is 1. The Morgan fingerprint density at radius 2 is 1.92 bits per heavy atom. The molecule has 0 saturated carbocycles. The summed E-state index contributed by atoms with van der Waals surface area (Å²) in [6, 6.07) is 14.3. The van der Waals surface area contributed by atoms with Gasteiger partial charge in [0.05, 0.1) is 5.69 Å². The second kappa shape index (κ2) is 7.53. The van der Waals surface area contributed by atoms with Crippen molar-refractivity contribution in [3.63, 3.8) is 0 Å². The van der Waals surface area contributed by atoms with Crippen molar-refractivity contribution in [1.29, 1.82) is 0 Å². The summed E-state index contributed by atoms with van der Waals surface area (Å²) >= 11 is 1.13. The fraction of sp³-hybridized carbons (Fsp3) is 0.105. The predicted molar refractivity (Wildman–Crippen MR) is 97.5 cm³/mol. The lowest BCUT2D eigenvalue weighted by atomic mass is 10.2. The van der Waals surface area contributed by atoms with Gasteiger partial charge in [0.2, 0.25) is 0 Å². The number of carboxylic acids is 1. The van der Waals surface area contributed by atoms with Crippen LogP contribution in [0, 0.1) is 12.7 Å². The van der Waals surface area contributed by atoms with E-state index < -0.39 is 11.5 Å². The maximum Gasteiger partial charge on any atom is 0.357 e. The summed E-state index contributed by atoms with van der Waals surface area (Å²) in [5.41, 5.74) is 1.55. The molecular formula is C19H15FN2O3S. The molecule has 0 amide bonds. The summed E-state index contributed by atoms with van der Waals surface area (Å²) in [4.78, 5) is 24.2. The first-order valence-electron chi connectivity index (χ1n) is 7.76. The van der Waals surface area contributed by atoms with Crippen LogP contribution >= 0.6 is 11.8 Å². The van der Waals surface area contributed by atoms with E-state index in [-0.39, 0.29) is 16.4 Å². The van der Waals surface area contributed by atoms with E-state index in [0.717, 1.165) is 22.0 Å². The lowest BCUT2D eigenvalue weighted by molar-refractivity contribution is 0.0684. The minimum atomic E-state index is -1.23. The van der Waals surface area contributed by atoms with Crippen LogP contribution in [0.5, 0.6) is 0 Å². The average Bonchev–Trinajstić information content (AvgIpc) is 2.61. The third kappa shape index (κ3) is 4.00. The summed E-state index contributed by atoms with van der Waals surface area (Å²) in [6.45, 7) is 1.91. The molecule has 0 bridgehead atoms. The Kier molecular flexibility index (Phi) is 5.18. The number of hydrogen-bond acceptors (Lipinski definition) is 4. The number of hydrogen-bond donors (Lipinski definition) is 1. The van der Waals surface area contributed by atoms with Crippen LogP contribution in [0.3, 0.4) is 0 Å². The molecular weight excluding hydrogens is 355 g/mol. The number of thioether (sulfide) groups is 1. The molecule has 1 heterocycles. The molecule has 3 aromatic rings. The minimum absolute atomic E-state index is 0.216. The van der Waals surface area contributed by atoms with Crippen molar-refractivity contribution < 1.29 is 14.3 Å². The number of halogens is 1. The summed E-state index contributed by atoms with van der Waals surface area (Å²) < 4.78 is 14.3. The third-order valence-electron chi connectivity index (χ3n) is 3.66. The van der Waals surface area contributed by atoms with Gasteiger partial charge >= 0.3 is 5.97 Å². The van der Waals surface area contributed by atoms with Crippen LogP contribution in [0.25, 0.3) is 5.69 Å². The molecule has 0 radical (unpaired) electrons. The molecule has 7 heteroatoms. The van der Waals surface area contributed by atoms with E-state index in [0.29, 0.717) is 17.0 Å². The first-order chi connectivity index (χ1) is 12.4. The third-order valence-corrected chi connectivity index (χ3v) is 4.76. The van der Waals surface area contributed by atoms with Crippen LogP contribution in [0.1, 0.15) is 21.6 Å². The summed E-state index contributed by atoms with van der Waals surface area (Å²) in [7, 11) is 0. The highest BCUT2D eigenvalue weighted by Crippen LogP contribution is 2.25. The zero-order valence-corrected chi connectivity index (χ0v) is 14.7. The van der Waals surface area contributed by atoms with Crippen molar-refractivity contribution in [2.75, 3.05) is 0 Å². The van der Waals surface area contributed by atoms with Crippen LogP contribution in [-0.4, -0.2) is 20.9 Å². The van der Waals surface area contributed by atoms with Gasteiger partial charge in [-0.1, -0.05) is 29.8 Å². The number of carboxylic acid groups (broad SMARTS) is 1. The van der Waals surface area contributed by atoms with E-state index in [2.05, 4.69) is 5.10 Å². The topological polar surface area (TPSA) is 72.2 Å². The van der Waals surface area contributed by atoms with Crippen molar-refractivity contribution in [2.45, 2.75) is 17.6 Å². The Balaban J connectivity index is 1.95. The standard InChI is InChI=1S/C19H15FN2O3S/c1-12-5-7-15(8-6-12)22-17(23)10-16(18(21-22)19(24)25)26-11-13-3-2-4-14(20)9-13/h2-10H,11H2,1H3,(H,24,25). The van der Waals surface area contributed by atoms with Gasteiger partial charge in [-0.15, -0.1) is 11.8 Å². The van der Waals surface area contributed by atoms with Crippen LogP contribution in [-0.2, 0) is 5.75 Å². The molecule has 0 atom stereocenters. The Bertz CT molecular complexity index is 1020. The Labute approximate surface area is 153 Å². The highest BCUT2D eigenvalue weighted by atomic mass is 32.2. The number of rotatable bonds is 5. The highest BCUT2D eigenvalue weighted by molar-refractivity contribution is 7.98. The van der Waals surface area contributed by atoms with Gasteiger partial charge in [-0.25, -0.2) is 9.18 Å². The van der Waals surface area contributed by atoms with Crippen molar-refractivity contribution in [3.05, 3.63) is 87.6 Å². The molecule has 0 fully saturated rings. The fourth-order valence-corrected chi connectivity index (χ4v) is 3.31. The van der Waals surface area contributed by atoms with E-state index >= 15 is 0 Å². The lowest BCUT2D eigenvalue weighted by Gasteiger charge is -2.10. The van der Waals surface area contributed by atoms with Gasteiger partial charge in [-0.2, -0.15) is 9.78 Å². The van der Waals surface area contributed by atoms with E-state index in [1.165, 1.54) is 18.2 Å². The normalized spacial score (nSPS) is 10.7. The van der Waals surface area contributed by atoms with E-state index in [1.807, 2.05) is 19.1 Å². The van der Waals surface area contributed by atoms with E-state index in [9.17, 15) is 19.1 Å². The van der Waals surface area contributed by atoms with Crippen molar-refractivity contribution in [2.24, 2.45) is 0 Å². The molecule has 0 aliphatic heterocycles. The average molecular weight is 370 g/mol. The van der Waals surface area contributed by atoms with E-state index in [4.69, 9.17) is 0 Å². The number of benzene rings is 2. The Morgan fingerprint density at radius 3 is 2.58 bits per heavy atom. The Morgan fingerprint density at radius 1 is 1.19 bits per heavy atom. The molecule has 5 nitrogen and oxygen atoms in total. The van der Waals surface area contributed by atoms with Gasteiger partial charge in [0.15, 0.2) is 5.69 Å². The second-order valence-electron chi connectivity index (χ2n) is 5.67. The summed E-state index contributed by atoms with van der Waals surface area (Å²) in [5, 5.41) is 13.5. The van der Waals surface area contributed by atoms with Gasteiger partial charge < -0.3 is 5.11 Å². The maximum absolute atomic E-state index is 13.3. The van der Waals surface area contributed by atoms with Gasteiger partial charge in [-0.3, -0.25) is 4.79 Å². The van der Waals surface area contributed by atoms with Gasteiger partial charge in [0.1, 0.15) is 5.82 Å². The SMILES string of the molecule is Cc1ccc(-n2nc(C(=O)O)c(SCc3cccc(F)c3)cc2=O)cc1. The molecule has 0 aliphatic carbocycles. The van der Waals surface area contributed by atoms with Gasteiger partial charge in [-0.05, 0) is 36.8 Å². The summed E-state index contributed by atoms with van der Waals surface area (Å²) in [6.07, 6.45) is 0. The number of aromatic nitrogens is 2. The second-order valence-corrected chi connectivity index (χ2v) is 6.68. The largest absolute Gasteiger partial charge is 0.476 e. The predicted octanol–water partition coefficient (Wildman–Crippen LogP) is 3.67. The molecule has 132 valence electrons.